The van der Waals surface area contributed by atoms with E-state index in [-0.39, 0.29) is 0 Å². The van der Waals surface area contributed by atoms with Gasteiger partial charge in [0.15, 0.2) is 0 Å². The fourth-order valence-electron chi connectivity index (χ4n) is 1.80. The van der Waals surface area contributed by atoms with Gasteiger partial charge in [-0.05, 0) is 25.3 Å². The minimum atomic E-state index is 0.466. The van der Waals surface area contributed by atoms with Crippen LogP contribution < -0.4 is 4.74 Å². The molecule has 1 rings (SSSR count). The molecule has 0 spiro atoms. The van der Waals surface area contributed by atoms with Crippen LogP contribution in [0.4, 0.5) is 0 Å². The number of ether oxygens (including phenoxy) is 1. The van der Waals surface area contributed by atoms with Crippen molar-refractivity contribution in [3.8, 4) is 5.88 Å². The van der Waals surface area contributed by atoms with Crippen molar-refractivity contribution in [2.75, 3.05) is 6.61 Å². The second-order valence-corrected chi connectivity index (χ2v) is 4.91. The van der Waals surface area contributed by atoms with Crippen LogP contribution in [0, 0.1) is 6.92 Å². The molecule has 0 atom stereocenters. The zero-order valence-electron chi connectivity index (χ0n) is 11.6. The van der Waals surface area contributed by atoms with Gasteiger partial charge in [-0.25, -0.2) is 4.98 Å². The van der Waals surface area contributed by atoms with Gasteiger partial charge in [0, 0.05) is 11.3 Å². The molecule has 1 aromatic heterocycles. The molecule has 0 aromatic carbocycles. The Morgan fingerprint density at radius 3 is 2.59 bits per heavy atom. The normalized spacial score (nSPS) is 10.9. The van der Waals surface area contributed by atoms with Crippen LogP contribution in [0.2, 0.25) is 0 Å². The molecular weight excluding hydrogens is 210 g/mol. The van der Waals surface area contributed by atoms with Crippen LogP contribution in [-0.2, 0) is 0 Å². The fourth-order valence-corrected chi connectivity index (χ4v) is 1.80. The second-order valence-electron chi connectivity index (χ2n) is 4.91. The lowest BCUT2D eigenvalue weighted by Crippen LogP contribution is -2.04. The highest BCUT2D eigenvalue weighted by Gasteiger charge is 2.09. The summed E-state index contributed by atoms with van der Waals surface area (Å²) in [5, 5.41) is 0. The highest BCUT2D eigenvalue weighted by atomic mass is 16.5. The van der Waals surface area contributed by atoms with Crippen molar-refractivity contribution in [3.63, 3.8) is 0 Å². The summed E-state index contributed by atoms with van der Waals surface area (Å²) in [6, 6.07) is 4.19. The van der Waals surface area contributed by atoms with Gasteiger partial charge in [-0.3, -0.25) is 0 Å². The van der Waals surface area contributed by atoms with E-state index in [1.165, 1.54) is 24.8 Å². The Morgan fingerprint density at radius 1 is 1.18 bits per heavy atom. The van der Waals surface area contributed by atoms with Crippen molar-refractivity contribution in [2.24, 2.45) is 0 Å². The molecule has 0 aliphatic carbocycles. The summed E-state index contributed by atoms with van der Waals surface area (Å²) in [7, 11) is 0. The topological polar surface area (TPSA) is 22.1 Å². The Labute approximate surface area is 105 Å². The molecule has 0 aliphatic heterocycles. The van der Waals surface area contributed by atoms with Crippen molar-refractivity contribution in [2.45, 2.75) is 59.3 Å². The summed E-state index contributed by atoms with van der Waals surface area (Å²) in [5.74, 6) is 1.30. The Kier molecular flexibility index (Phi) is 6.03. The van der Waals surface area contributed by atoms with E-state index in [1.807, 2.05) is 6.92 Å². The largest absolute Gasteiger partial charge is 0.477 e. The summed E-state index contributed by atoms with van der Waals surface area (Å²) in [5.41, 5.74) is 2.24. The van der Waals surface area contributed by atoms with Crippen LogP contribution in [-0.4, -0.2) is 11.6 Å². The zero-order chi connectivity index (χ0) is 12.7. The van der Waals surface area contributed by atoms with Gasteiger partial charge in [0.1, 0.15) is 0 Å². The monoisotopic (exact) mass is 235 g/mol. The smallest absolute Gasteiger partial charge is 0.217 e. The van der Waals surface area contributed by atoms with Crippen LogP contribution in [0.1, 0.15) is 63.6 Å². The van der Waals surface area contributed by atoms with Crippen molar-refractivity contribution < 1.29 is 4.74 Å². The molecule has 0 aliphatic rings. The molecule has 2 nitrogen and oxygen atoms in total. The third kappa shape index (κ3) is 4.76. The van der Waals surface area contributed by atoms with Gasteiger partial charge in [0.2, 0.25) is 5.88 Å². The molecule has 0 amide bonds. The molecule has 0 saturated heterocycles. The van der Waals surface area contributed by atoms with E-state index in [0.717, 1.165) is 24.6 Å². The lowest BCUT2D eigenvalue weighted by Gasteiger charge is -2.13. The van der Waals surface area contributed by atoms with Gasteiger partial charge in [-0.15, -0.1) is 0 Å². The number of rotatable bonds is 7. The number of unbranched alkanes of at least 4 members (excludes halogenated alkanes) is 3. The predicted molar refractivity (Wildman–Crippen MR) is 72.7 cm³/mol. The summed E-state index contributed by atoms with van der Waals surface area (Å²) in [4.78, 5) is 4.49. The predicted octanol–water partition coefficient (Wildman–Crippen LogP) is 4.47. The summed E-state index contributed by atoms with van der Waals surface area (Å²) >= 11 is 0. The van der Waals surface area contributed by atoms with Crippen molar-refractivity contribution in [1.29, 1.82) is 0 Å². The number of pyridine rings is 1. The molecule has 96 valence electrons. The minimum Gasteiger partial charge on any atom is -0.477 e. The maximum atomic E-state index is 5.81. The number of aromatic nitrogens is 1. The van der Waals surface area contributed by atoms with E-state index in [9.17, 15) is 0 Å². The number of nitrogens with zero attached hydrogens (tertiary/aromatic N) is 1. The van der Waals surface area contributed by atoms with Crippen molar-refractivity contribution in [3.05, 3.63) is 23.4 Å². The maximum Gasteiger partial charge on any atom is 0.217 e. The first-order valence-corrected chi connectivity index (χ1v) is 6.75. The highest BCUT2D eigenvalue weighted by Crippen LogP contribution is 2.24. The molecule has 0 unspecified atom stereocenters. The van der Waals surface area contributed by atoms with Gasteiger partial charge >= 0.3 is 0 Å². The van der Waals surface area contributed by atoms with Gasteiger partial charge in [0.25, 0.3) is 0 Å². The molecule has 17 heavy (non-hydrogen) atoms. The van der Waals surface area contributed by atoms with Crippen LogP contribution in [0.5, 0.6) is 5.88 Å². The average molecular weight is 235 g/mol. The van der Waals surface area contributed by atoms with Gasteiger partial charge < -0.3 is 4.74 Å². The van der Waals surface area contributed by atoms with Crippen molar-refractivity contribution in [1.82, 2.24) is 4.98 Å². The first-order valence-electron chi connectivity index (χ1n) is 6.75. The van der Waals surface area contributed by atoms with E-state index < -0.39 is 0 Å². The third-order valence-electron chi connectivity index (χ3n) is 2.89. The Balaban J connectivity index is 2.53. The van der Waals surface area contributed by atoms with E-state index in [1.54, 1.807) is 0 Å². The van der Waals surface area contributed by atoms with Gasteiger partial charge in [0.05, 0.1) is 6.61 Å². The van der Waals surface area contributed by atoms with Crippen LogP contribution in [0.3, 0.4) is 0 Å². The molecule has 1 heterocycles. The molecule has 0 radical (unpaired) electrons. The van der Waals surface area contributed by atoms with E-state index in [0.29, 0.717) is 5.92 Å². The highest BCUT2D eigenvalue weighted by molar-refractivity contribution is 5.30. The van der Waals surface area contributed by atoms with E-state index in [2.05, 4.69) is 37.9 Å². The van der Waals surface area contributed by atoms with Crippen LogP contribution in [0.25, 0.3) is 0 Å². The standard InChI is InChI=1S/C15H25NO/c1-5-6-7-8-11-17-15-14(12(2)3)10-9-13(4)16-15/h9-10,12H,5-8,11H2,1-4H3. The van der Waals surface area contributed by atoms with E-state index >= 15 is 0 Å². The Bertz CT molecular complexity index is 334. The molecular formula is C15H25NO. The SMILES string of the molecule is CCCCCCOc1nc(C)ccc1C(C)C. The first-order chi connectivity index (χ1) is 8.15. The Hall–Kier alpha value is -1.05. The summed E-state index contributed by atoms with van der Waals surface area (Å²) in [6.45, 7) is 9.37. The van der Waals surface area contributed by atoms with E-state index in [4.69, 9.17) is 4.74 Å². The minimum absolute atomic E-state index is 0.466. The molecule has 2 heteroatoms. The lowest BCUT2D eigenvalue weighted by molar-refractivity contribution is 0.289. The first kappa shape index (κ1) is 14.0. The van der Waals surface area contributed by atoms with Crippen LogP contribution in [0.15, 0.2) is 12.1 Å². The van der Waals surface area contributed by atoms with Gasteiger partial charge in [-0.1, -0.05) is 46.1 Å². The summed E-state index contributed by atoms with van der Waals surface area (Å²) < 4.78 is 5.81. The van der Waals surface area contributed by atoms with Gasteiger partial charge in [-0.2, -0.15) is 0 Å². The summed E-state index contributed by atoms with van der Waals surface area (Å²) in [6.07, 6.45) is 4.93. The number of hydrogen-bond donors (Lipinski definition) is 0. The quantitative estimate of drug-likeness (QED) is 0.650. The number of hydrogen-bond acceptors (Lipinski definition) is 2. The number of aryl methyl sites for hydroxylation is 1. The molecule has 1 aromatic rings. The lowest BCUT2D eigenvalue weighted by atomic mass is 10.0. The third-order valence-corrected chi connectivity index (χ3v) is 2.89. The average Bonchev–Trinajstić information content (AvgIpc) is 2.28. The molecule has 0 saturated carbocycles. The van der Waals surface area contributed by atoms with Crippen LogP contribution >= 0.6 is 0 Å². The zero-order valence-corrected chi connectivity index (χ0v) is 11.6. The maximum absolute atomic E-state index is 5.81. The van der Waals surface area contributed by atoms with Crippen molar-refractivity contribution >= 4 is 0 Å². The molecule has 0 N–H and O–H groups in total. The molecule has 0 bridgehead atoms. The molecule has 0 fully saturated rings. The Morgan fingerprint density at radius 2 is 1.94 bits per heavy atom. The fraction of sp³-hybridized carbons (Fsp3) is 0.667. The second kappa shape index (κ2) is 7.31.